The number of carbonyl (C=O) groups excluding carboxylic acids is 1. The molecule has 0 bridgehead atoms. The number of nitrogens with one attached hydrogen (secondary N) is 1. The lowest BCUT2D eigenvalue weighted by molar-refractivity contribution is -0.138. The predicted octanol–water partition coefficient (Wildman–Crippen LogP) is 3.15. The largest absolute Gasteiger partial charge is 0.416 e. The molecule has 0 aliphatic heterocycles. The fraction of sp³-hybridized carbons (Fsp3) is 0.250. The SMILES string of the molecule is CCn1c(=O)c2ccccc2n(CC(=O)Nc2ccc(C)c(C(F)(F)F)c2)c1=O. The molecular weight excluding hydrogens is 387 g/mol. The van der Waals surface area contributed by atoms with Crippen LogP contribution in [0.1, 0.15) is 18.1 Å². The van der Waals surface area contributed by atoms with Crippen molar-refractivity contribution in [1.82, 2.24) is 9.13 Å². The molecular formula is C20H18F3N3O3. The van der Waals surface area contributed by atoms with Gasteiger partial charge in [0, 0.05) is 12.2 Å². The van der Waals surface area contributed by atoms with Crippen LogP contribution < -0.4 is 16.6 Å². The highest BCUT2D eigenvalue weighted by Gasteiger charge is 2.32. The molecule has 0 atom stereocenters. The summed E-state index contributed by atoms with van der Waals surface area (Å²) in [7, 11) is 0. The van der Waals surface area contributed by atoms with Crippen molar-refractivity contribution in [2.75, 3.05) is 5.32 Å². The van der Waals surface area contributed by atoms with Crippen LogP contribution in [0.15, 0.2) is 52.1 Å². The maximum atomic E-state index is 13.1. The first kappa shape index (κ1) is 20.4. The standard InChI is InChI=1S/C20H18F3N3O3/c1-3-25-18(28)14-6-4-5-7-16(14)26(19(25)29)11-17(27)24-13-9-8-12(2)15(10-13)20(21,22)23/h4-10H,3,11H2,1-2H3,(H,24,27). The molecule has 9 heteroatoms. The van der Waals surface area contributed by atoms with E-state index in [1.54, 1.807) is 31.2 Å². The minimum atomic E-state index is -4.55. The Kier molecular flexibility index (Phi) is 5.32. The van der Waals surface area contributed by atoms with Gasteiger partial charge in [0.25, 0.3) is 5.56 Å². The molecule has 0 saturated carbocycles. The molecule has 0 aliphatic rings. The van der Waals surface area contributed by atoms with Crippen LogP contribution in [-0.4, -0.2) is 15.0 Å². The molecule has 29 heavy (non-hydrogen) atoms. The lowest BCUT2D eigenvalue weighted by Gasteiger charge is -2.15. The normalized spacial score (nSPS) is 11.6. The average molecular weight is 405 g/mol. The van der Waals surface area contributed by atoms with E-state index in [-0.39, 0.29) is 28.7 Å². The van der Waals surface area contributed by atoms with Gasteiger partial charge in [-0.15, -0.1) is 0 Å². The number of alkyl halides is 3. The molecule has 3 rings (SSSR count). The topological polar surface area (TPSA) is 73.1 Å². The molecule has 0 saturated heterocycles. The molecule has 0 unspecified atom stereocenters. The molecule has 2 aromatic carbocycles. The van der Waals surface area contributed by atoms with E-state index in [1.807, 2.05) is 0 Å². The van der Waals surface area contributed by atoms with E-state index in [1.165, 1.54) is 19.1 Å². The van der Waals surface area contributed by atoms with Crippen molar-refractivity contribution >= 4 is 22.5 Å². The molecule has 1 aromatic heterocycles. The van der Waals surface area contributed by atoms with Gasteiger partial charge < -0.3 is 5.32 Å². The van der Waals surface area contributed by atoms with E-state index in [0.29, 0.717) is 0 Å². The number of hydrogen-bond donors (Lipinski definition) is 1. The summed E-state index contributed by atoms with van der Waals surface area (Å²) in [5.41, 5.74) is -1.69. The predicted molar refractivity (Wildman–Crippen MR) is 103 cm³/mol. The van der Waals surface area contributed by atoms with Crippen LogP contribution in [0.4, 0.5) is 18.9 Å². The summed E-state index contributed by atoms with van der Waals surface area (Å²) >= 11 is 0. The van der Waals surface area contributed by atoms with Crippen LogP contribution in [0.5, 0.6) is 0 Å². The maximum Gasteiger partial charge on any atom is 0.416 e. The van der Waals surface area contributed by atoms with Crippen LogP contribution in [0, 0.1) is 6.92 Å². The number of halogens is 3. The van der Waals surface area contributed by atoms with E-state index < -0.39 is 35.4 Å². The summed E-state index contributed by atoms with van der Waals surface area (Å²) < 4.78 is 41.4. The lowest BCUT2D eigenvalue weighted by atomic mass is 10.1. The second-order valence-electron chi connectivity index (χ2n) is 6.51. The number of amides is 1. The summed E-state index contributed by atoms with van der Waals surface area (Å²) in [6.45, 7) is 2.63. The molecule has 0 fully saturated rings. The Morgan fingerprint density at radius 1 is 1.07 bits per heavy atom. The van der Waals surface area contributed by atoms with Crippen molar-refractivity contribution in [3.63, 3.8) is 0 Å². The number of benzene rings is 2. The fourth-order valence-electron chi connectivity index (χ4n) is 3.15. The number of nitrogens with zero attached hydrogens (tertiary/aromatic N) is 2. The summed E-state index contributed by atoms with van der Waals surface area (Å²) in [5, 5.41) is 2.66. The van der Waals surface area contributed by atoms with Gasteiger partial charge in [-0.05, 0) is 43.7 Å². The van der Waals surface area contributed by atoms with Crippen molar-refractivity contribution in [1.29, 1.82) is 0 Å². The Labute approximate surface area is 163 Å². The van der Waals surface area contributed by atoms with Gasteiger partial charge >= 0.3 is 11.9 Å². The van der Waals surface area contributed by atoms with E-state index in [0.717, 1.165) is 15.2 Å². The number of rotatable bonds is 4. The number of hydrogen-bond acceptors (Lipinski definition) is 3. The third-order valence-electron chi connectivity index (χ3n) is 4.58. The molecule has 1 N–H and O–H groups in total. The monoisotopic (exact) mass is 405 g/mol. The number of aryl methyl sites for hydroxylation is 1. The highest BCUT2D eigenvalue weighted by molar-refractivity contribution is 5.91. The molecule has 3 aromatic rings. The van der Waals surface area contributed by atoms with Crippen molar-refractivity contribution in [2.45, 2.75) is 33.1 Å². The smallest absolute Gasteiger partial charge is 0.325 e. The zero-order valence-electron chi connectivity index (χ0n) is 15.7. The lowest BCUT2D eigenvalue weighted by Crippen LogP contribution is -2.41. The van der Waals surface area contributed by atoms with Crippen molar-refractivity contribution < 1.29 is 18.0 Å². The van der Waals surface area contributed by atoms with Gasteiger partial charge in [0.1, 0.15) is 6.54 Å². The maximum absolute atomic E-state index is 13.1. The Morgan fingerprint density at radius 3 is 2.41 bits per heavy atom. The molecule has 0 radical (unpaired) electrons. The number of fused-ring (bicyclic) bond motifs is 1. The van der Waals surface area contributed by atoms with Gasteiger partial charge in [0.05, 0.1) is 16.5 Å². The van der Waals surface area contributed by atoms with Crippen molar-refractivity contribution in [3.05, 3.63) is 74.4 Å². The third kappa shape index (κ3) is 3.94. The minimum absolute atomic E-state index is 0.0332. The Bertz CT molecular complexity index is 1210. The molecule has 152 valence electrons. The van der Waals surface area contributed by atoms with Gasteiger partial charge in [0.2, 0.25) is 5.91 Å². The molecule has 0 spiro atoms. The Morgan fingerprint density at radius 2 is 1.76 bits per heavy atom. The van der Waals surface area contributed by atoms with Crippen LogP contribution >= 0.6 is 0 Å². The molecule has 0 aliphatic carbocycles. The summed E-state index contributed by atoms with van der Waals surface area (Å²) in [5.74, 6) is -0.685. The Hall–Kier alpha value is -3.36. The van der Waals surface area contributed by atoms with Crippen LogP contribution in [-0.2, 0) is 24.1 Å². The first-order valence-electron chi connectivity index (χ1n) is 8.83. The number of anilines is 1. The zero-order valence-corrected chi connectivity index (χ0v) is 15.7. The zero-order chi connectivity index (χ0) is 21.3. The van der Waals surface area contributed by atoms with E-state index in [2.05, 4.69) is 5.32 Å². The number of aromatic nitrogens is 2. The van der Waals surface area contributed by atoms with Gasteiger partial charge in [0.15, 0.2) is 0 Å². The quantitative estimate of drug-likeness (QED) is 0.725. The van der Waals surface area contributed by atoms with E-state index in [4.69, 9.17) is 0 Å². The van der Waals surface area contributed by atoms with Crippen LogP contribution in [0.25, 0.3) is 10.9 Å². The number of carbonyl (C=O) groups is 1. The second-order valence-corrected chi connectivity index (χ2v) is 6.51. The molecule has 1 heterocycles. The minimum Gasteiger partial charge on any atom is -0.325 e. The average Bonchev–Trinajstić information content (AvgIpc) is 2.66. The van der Waals surface area contributed by atoms with Gasteiger partial charge in [-0.25, -0.2) is 4.79 Å². The summed E-state index contributed by atoms with van der Waals surface area (Å²) in [6, 6.07) is 9.83. The first-order valence-corrected chi connectivity index (χ1v) is 8.83. The van der Waals surface area contributed by atoms with Crippen molar-refractivity contribution in [2.24, 2.45) is 0 Å². The van der Waals surface area contributed by atoms with Gasteiger partial charge in [-0.2, -0.15) is 13.2 Å². The number of para-hydroxylation sites is 1. The van der Waals surface area contributed by atoms with Crippen LogP contribution in [0.2, 0.25) is 0 Å². The second kappa shape index (κ2) is 7.57. The van der Waals surface area contributed by atoms with Crippen molar-refractivity contribution in [3.8, 4) is 0 Å². The van der Waals surface area contributed by atoms with E-state index >= 15 is 0 Å². The third-order valence-corrected chi connectivity index (χ3v) is 4.58. The first-order chi connectivity index (χ1) is 13.6. The van der Waals surface area contributed by atoms with Gasteiger partial charge in [-0.3, -0.25) is 18.7 Å². The summed E-state index contributed by atoms with van der Waals surface area (Å²) in [6.07, 6.45) is -4.55. The fourth-order valence-corrected chi connectivity index (χ4v) is 3.15. The highest BCUT2D eigenvalue weighted by atomic mass is 19.4. The van der Waals surface area contributed by atoms with Crippen LogP contribution in [0.3, 0.4) is 0 Å². The Balaban J connectivity index is 1.98. The molecule has 1 amide bonds. The summed E-state index contributed by atoms with van der Waals surface area (Å²) in [4.78, 5) is 37.5. The molecule has 6 nitrogen and oxygen atoms in total. The van der Waals surface area contributed by atoms with Gasteiger partial charge in [-0.1, -0.05) is 18.2 Å². The highest BCUT2D eigenvalue weighted by Crippen LogP contribution is 2.33. The van der Waals surface area contributed by atoms with E-state index in [9.17, 15) is 27.6 Å².